The minimum atomic E-state index is -0.999. The Morgan fingerprint density at radius 2 is 1.65 bits per heavy atom. The Labute approximate surface area is 162 Å². The van der Waals surface area contributed by atoms with Crippen LogP contribution in [0, 0.1) is 0 Å². The van der Waals surface area contributed by atoms with E-state index in [9.17, 15) is 9.59 Å². The van der Waals surface area contributed by atoms with Gasteiger partial charge in [0.15, 0.2) is 6.10 Å². The molecule has 1 amide bonds. The highest BCUT2D eigenvalue weighted by molar-refractivity contribution is 6.36. The molecule has 2 aromatic rings. The van der Waals surface area contributed by atoms with Crippen molar-refractivity contribution in [1.29, 1.82) is 0 Å². The summed E-state index contributed by atoms with van der Waals surface area (Å²) < 4.78 is 10.7. The topological polar surface area (TPSA) is 64.6 Å². The van der Waals surface area contributed by atoms with Crippen LogP contribution < -0.4 is 10.1 Å². The second-order valence-corrected chi connectivity index (χ2v) is 6.70. The van der Waals surface area contributed by atoms with Gasteiger partial charge in [0.2, 0.25) is 0 Å². The van der Waals surface area contributed by atoms with E-state index in [-0.39, 0.29) is 6.10 Å². The van der Waals surface area contributed by atoms with Crippen molar-refractivity contribution in [1.82, 2.24) is 0 Å². The zero-order chi connectivity index (χ0) is 19.3. The lowest BCUT2D eigenvalue weighted by molar-refractivity contribution is -0.123. The Kier molecular flexibility index (Phi) is 6.89. The van der Waals surface area contributed by atoms with Crippen LogP contribution in [0.15, 0.2) is 42.5 Å². The summed E-state index contributed by atoms with van der Waals surface area (Å²) >= 11 is 11.8. The second kappa shape index (κ2) is 8.92. The Bertz CT molecular complexity index is 791. The fourth-order valence-electron chi connectivity index (χ4n) is 2.05. The number of rotatable bonds is 6. The van der Waals surface area contributed by atoms with Gasteiger partial charge in [0.1, 0.15) is 5.75 Å². The number of carbonyl (C=O) groups is 2. The van der Waals surface area contributed by atoms with Crippen molar-refractivity contribution in [3.05, 3.63) is 58.1 Å². The Balaban J connectivity index is 1.96. The molecule has 0 heterocycles. The molecule has 7 heteroatoms. The largest absolute Gasteiger partial charge is 0.491 e. The molecule has 2 rings (SSSR count). The molecule has 26 heavy (non-hydrogen) atoms. The summed E-state index contributed by atoms with van der Waals surface area (Å²) in [5.41, 5.74) is 0.712. The van der Waals surface area contributed by atoms with E-state index in [0.29, 0.717) is 27.0 Å². The number of carbonyl (C=O) groups excluding carboxylic acids is 2. The van der Waals surface area contributed by atoms with E-state index in [2.05, 4.69) is 5.32 Å². The fourth-order valence-corrected chi connectivity index (χ4v) is 2.50. The molecule has 0 aliphatic carbocycles. The number of anilines is 1. The van der Waals surface area contributed by atoms with Crippen LogP contribution in [0.5, 0.6) is 5.75 Å². The fraction of sp³-hybridized carbons (Fsp3) is 0.263. The Hall–Kier alpha value is -2.24. The molecule has 0 saturated carbocycles. The third-order valence-corrected chi connectivity index (χ3v) is 3.85. The quantitative estimate of drug-likeness (QED) is 0.701. The van der Waals surface area contributed by atoms with Gasteiger partial charge in [0, 0.05) is 5.02 Å². The molecule has 0 aromatic heterocycles. The number of benzene rings is 2. The number of halogens is 2. The van der Waals surface area contributed by atoms with Gasteiger partial charge >= 0.3 is 5.97 Å². The highest BCUT2D eigenvalue weighted by Gasteiger charge is 2.20. The molecule has 0 bridgehead atoms. The van der Waals surface area contributed by atoms with Crippen LogP contribution in [0.25, 0.3) is 0 Å². The van der Waals surface area contributed by atoms with Crippen LogP contribution in [-0.2, 0) is 9.53 Å². The molecule has 2 aromatic carbocycles. The highest BCUT2D eigenvalue weighted by atomic mass is 35.5. The normalized spacial score (nSPS) is 11.8. The summed E-state index contributed by atoms with van der Waals surface area (Å²) in [6.07, 6.45) is -0.961. The van der Waals surface area contributed by atoms with Crippen LogP contribution in [0.2, 0.25) is 10.0 Å². The van der Waals surface area contributed by atoms with Crippen LogP contribution in [0.1, 0.15) is 31.1 Å². The summed E-state index contributed by atoms with van der Waals surface area (Å²) in [5, 5.41) is 3.35. The average molecular weight is 396 g/mol. The van der Waals surface area contributed by atoms with Crippen LogP contribution in [0.4, 0.5) is 5.69 Å². The molecular weight excluding hydrogens is 377 g/mol. The molecule has 0 spiro atoms. The lowest BCUT2D eigenvalue weighted by atomic mass is 10.2. The van der Waals surface area contributed by atoms with Crippen molar-refractivity contribution in [3.8, 4) is 5.75 Å². The molecule has 0 radical (unpaired) electrons. The van der Waals surface area contributed by atoms with Crippen molar-refractivity contribution in [3.63, 3.8) is 0 Å². The SMILES string of the molecule is CC(C)Oc1ccc(C(=O)OC(C)C(=O)Nc2ccc(Cl)cc2Cl)cc1. The van der Waals surface area contributed by atoms with E-state index in [4.69, 9.17) is 32.7 Å². The minimum Gasteiger partial charge on any atom is -0.491 e. The third kappa shape index (κ3) is 5.64. The first kappa shape index (κ1) is 20.1. The maximum atomic E-state index is 12.2. The summed E-state index contributed by atoms with van der Waals surface area (Å²) in [4.78, 5) is 24.4. The smallest absolute Gasteiger partial charge is 0.338 e. The molecule has 0 saturated heterocycles. The number of hydrogen-bond donors (Lipinski definition) is 1. The van der Waals surface area contributed by atoms with Gasteiger partial charge in [-0.25, -0.2) is 4.79 Å². The lowest BCUT2D eigenvalue weighted by Gasteiger charge is -2.15. The molecule has 138 valence electrons. The number of nitrogens with one attached hydrogen (secondary N) is 1. The van der Waals surface area contributed by atoms with E-state index < -0.39 is 18.0 Å². The van der Waals surface area contributed by atoms with Gasteiger partial charge in [-0.2, -0.15) is 0 Å². The first-order valence-corrected chi connectivity index (χ1v) is 8.75. The standard InChI is InChI=1S/C19H19Cl2NO4/c1-11(2)25-15-7-4-13(5-8-15)19(24)26-12(3)18(23)22-17-9-6-14(20)10-16(17)21/h4-12H,1-3H3,(H,22,23). The molecule has 0 aliphatic rings. The summed E-state index contributed by atoms with van der Waals surface area (Å²) in [6, 6.07) is 11.2. The number of hydrogen-bond acceptors (Lipinski definition) is 4. The molecule has 1 unspecified atom stereocenters. The van der Waals surface area contributed by atoms with Gasteiger partial charge in [-0.1, -0.05) is 23.2 Å². The summed E-state index contributed by atoms with van der Waals surface area (Å²) in [7, 11) is 0. The Morgan fingerprint density at radius 3 is 2.23 bits per heavy atom. The molecule has 5 nitrogen and oxygen atoms in total. The summed E-state index contributed by atoms with van der Waals surface area (Å²) in [6.45, 7) is 5.30. The molecule has 0 fully saturated rings. The van der Waals surface area contributed by atoms with Crippen LogP contribution in [-0.4, -0.2) is 24.1 Å². The van der Waals surface area contributed by atoms with Crippen LogP contribution in [0.3, 0.4) is 0 Å². The first-order valence-electron chi connectivity index (χ1n) is 8.00. The van der Waals surface area contributed by atoms with Crippen molar-refractivity contribution < 1.29 is 19.1 Å². The maximum absolute atomic E-state index is 12.2. The predicted octanol–water partition coefficient (Wildman–Crippen LogP) is 4.96. The van der Waals surface area contributed by atoms with Gasteiger partial charge in [0.25, 0.3) is 5.91 Å². The van der Waals surface area contributed by atoms with Crippen LogP contribution >= 0.6 is 23.2 Å². The van der Waals surface area contributed by atoms with E-state index in [1.165, 1.54) is 13.0 Å². The predicted molar refractivity (Wildman–Crippen MR) is 102 cm³/mol. The molecular formula is C19H19Cl2NO4. The lowest BCUT2D eigenvalue weighted by Crippen LogP contribution is -2.30. The summed E-state index contributed by atoms with van der Waals surface area (Å²) in [5.74, 6) is -0.451. The molecule has 0 aliphatic heterocycles. The van der Waals surface area contributed by atoms with Gasteiger partial charge in [0.05, 0.1) is 22.4 Å². The molecule has 1 N–H and O–H groups in total. The first-order chi connectivity index (χ1) is 12.3. The number of esters is 1. The van der Waals surface area contributed by atoms with E-state index >= 15 is 0 Å². The average Bonchev–Trinajstić information content (AvgIpc) is 2.57. The monoisotopic (exact) mass is 395 g/mol. The second-order valence-electron chi connectivity index (χ2n) is 5.85. The Morgan fingerprint density at radius 1 is 1.00 bits per heavy atom. The number of ether oxygens (including phenoxy) is 2. The zero-order valence-electron chi connectivity index (χ0n) is 14.6. The number of amides is 1. The van der Waals surface area contributed by atoms with Crippen molar-refractivity contribution in [2.45, 2.75) is 33.0 Å². The van der Waals surface area contributed by atoms with E-state index in [0.717, 1.165) is 0 Å². The van der Waals surface area contributed by atoms with Crippen molar-refractivity contribution >= 4 is 40.8 Å². The zero-order valence-corrected chi connectivity index (χ0v) is 16.1. The van der Waals surface area contributed by atoms with Gasteiger partial charge in [-0.3, -0.25) is 4.79 Å². The van der Waals surface area contributed by atoms with Crippen molar-refractivity contribution in [2.24, 2.45) is 0 Å². The van der Waals surface area contributed by atoms with Gasteiger partial charge in [-0.15, -0.1) is 0 Å². The third-order valence-electron chi connectivity index (χ3n) is 3.30. The highest BCUT2D eigenvalue weighted by Crippen LogP contribution is 2.25. The van der Waals surface area contributed by atoms with Crippen molar-refractivity contribution in [2.75, 3.05) is 5.32 Å². The minimum absolute atomic E-state index is 0.0382. The maximum Gasteiger partial charge on any atom is 0.338 e. The van der Waals surface area contributed by atoms with E-state index in [1.54, 1.807) is 36.4 Å². The van der Waals surface area contributed by atoms with Gasteiger partial charge < -0.3 is 14.8 Å². The van der Waals surface area contributed by atoms with Gasteiger partial charge in [-0.05, 0) is 63.2 Å². The van der Waals surface area contributed by atoms with E-state index in [1.807, 2.05) is 13.8 Å². The molecule has 1 atom stereocenters.